The highest BCUT2D eigenvalue weighted by Crippen LogP contribution is 2.20. The van der Waals surface area contributed by atoms with E-state index in [1.807, 2.05) is 76.7 Å². The van der Waals surface area contributed by atoms with Crippen molar-refractivity contribution in [2.45, 2.75) is 11.8 Å². The molecule has 43 heteroatoms. The first-order chi connectivity index (χ1) is 68.2. The van der Waals surface area contributed by atoms with E-state index in [2.05, 4.69) is 29.9 Å². The van der Waals surface area contributed by atoms with Gasteiger partial charge in [-0.1, -0.05) is 23.8 Å². The van der Waals surface area contributed by atoms with Crippen molar-refractivity contribution in [2.24, 2.45) is 42.3 Å². The lowest BCUT2D eigenvalue weighted by atomic mass is 10.1. The van der Waals surface area contributed by atoms with Gasteiger partial charge in [0, 0.05) is 220 Å². The monoisotopic (exact) mass is 2020 g/mol. The molecule has 0 radical (unpaired) electrons. The third-order valence-electron chi connectivity index (χ3n) is 19.4. The summed E-state index contributed by atoms with van der Waals surface area (Å²) in [6, 6.07) is 46.2. The topological polar surface area (TPSA) is 573 Å². The number of hydrogen-bond acceptors (Lipinski definition) is 27. The van der Waals surface area contributed by atoms with Gasteiger partial charge in [0.2, 0.25) is 17.3 Å². The van der Waals surface area contributed by atoms with Crippen molar-refractivity contribution in [3.63, 3.8) is 0 Å². The maximum Gasteiger partial charge on any atom is 0.294 e. The first kappa shape index (κ1) is 116. The van der Waals surface area contributed by atoms with Gasteiger partial charge in [0.15, 0.2) is 23.1 Å². The number of ketones is 6. The number of furan rings is 1. The Morgan fingerprint density at radius 1 is 0.278 bits per heavy atom. The van der Waals surface area contributed by atoms with E-state index in [1.165, 1.54) is 155 Å². The van der Waals surface area contributed by atoms with Crippen LogP contribution in [0.5, 0.6) is 0 Å². The van der Waals surface area contributed by atoms with Crippen LogP contribution in [-0.4, -0.2) is 172 Å². The highest BCUT2D eigenvalue weighted by Gasteiger charge is 2.14. The second-order valence-electron chi connectivity index (χ2n) is 28.8. The number of carbonyl (C=O) groups is 12. The molecule has 0 bridgehead atoms. The number of benzene rings is 1. The fourth-order valence-electron chi connectivity index (χ4n) is 11.6. The molecule has 6 amide bonds. The number of hydroxylamine groups is 6. The molecular formula is C101H98Cl2N18O22S. The Morgan fingerprint density at radius 2 is 0.562 bits per heavy atom. The Balaban J connectivity index is 0.000000297. The molecule has 144 heavy (non-hydrogen) atoms. The lowest BCUT2D eigenvalue weighted by Gasteiger charge is -2.01. The van der Waals surface area contributed by atoms with Gasteiger partial charge in [-0.15, -0.1) is 24.8 Å². The maximum atomic E-state index is 12.0. The molecule has 0 atom stereocenters. The lowest BCUT2D eigenvalue weighted by Crippen LogP contribution is -2.14. The smallest absolute Gasteiger partial charge is 0.294 e. The molecule has 0 unspecified atom stereocenters. The molecule has 13 N–H and O–H groups in total. The lowest BCUT2D eigenvalue weighted by molar-refractivity contribution is -0.124. The number of carbonyl (C=O) groups excluding carboxylic acids is 12. The average molecular weight is 2020 g/mol. The predicted molar refractivity (Wildman–Crippen MR) is 540 cm³/mol. The summed E-state index contributed by atoms with van der Waals surface area (Å²) >= 11 is 0. The van der Waals surface area contributed by atoms with E-state index in [-0.39, 0.29) is 75.9 Å². The van der Waals surface area contributed by atoms with Crippen LogP contribution < -0.4 is 32.9 Å². The van der Waals surface area contributed by atoms with Crippen molar-refractivity contribution in [3.05, 3.63) is 413 Å². The van der Waals surface area contributed by atoms with Gasteiger partial charge in [-0.2, -0.15) is 8.42 Å². The third-order valence-corrected chi connectivity index (χ3v) is 20.3. The fourth-order valence-corrected chi connectivity index (χ4v) is 12.0. The molecule has 13 aromatic rings. The summed E-state index contributed by atoms with van der Waals surface area (Å²) in [7, 11) is 6.81. The number of nitrogens with one attached hydrogen (secondary N) is 6. The molecule has 0 aliphatic heterocycles. The van der Waals surface area contributed by atoms with Crippen molar-refractivity contribution in [3.8, 4) is 0 Å². The van der Waals surface area contributed by atoms with Crippen LogP contribution in [0.1, 0.15) is 136 Å². The number of amides is 6. The summed E-state index contributed by atoms with van der Waals surface area (Å²) in [6.45, 7) is 1.84. The van der Waals surface area contributed by atoms with Gasteiger partial charge in [-0.3, -0.25) is 118 Å². The quantitative estimate of drug-likeness (QED) is 0.00631. The number of aromatic nitrogens is 12. The van der Waals surface area contributed by atoms with E-state index < -0.39 is 45.6 Å². The molecule has 744 valence electrons. The predicted octanol–water partition coefficient (Wildman–Crippen LogP) is 12.7. The molecule has 1 aromatic carbocycles. The van der Waals surface area contributed by atoms with Gasteiger partial charge >= 0.3 is 0 Å². The van der Waals surface area contributed by atoms with Crippen LogP contribution in [0.2, 0.25) is 0 Å². The molecule has 0 saturated heterocycles. The van der Waals surface area contributed by atoms with E-state index in [0.29, 0.717) is 22.4 Å². The SMILES string of the molecule is Cc1ccc(S(=O)(=O)O)cc1.Cl.Cl.Cn1c(/C=C/C(=O)NO)ccc1/C=C/C(=O)c1ccccn1.Cn1c(/C=C/C(=O)NO)ccc1/C=C/C(=O)c1cccnc1.Cn1c(/C=C/C(=O)NO)ccc1/C=C/C(=O)c1cccnc1.Cn1c(/C=C/C(=O)NO)ccc1/C=C/C(=O)c1ccco1.Cn1c(/C=C/C(=O)NO)ccc1/C=C/C(=O)c1ccncc1.Cn1c(/C=C/C(=O)NO)ccc1/C=C/C(=O)c1cnccn1. The second kappa shape index (κ2) is 61.2. The number of allylic oxidation sites excluding steroid dienone is 6. The number of rotatable bonds is 31. The van der Waals surface area contributed by atoms with Crippen LogP contribution in [-0.2, 0) is 81.2 Å². The highest BCUT2D eigenvalue weighted by molar-refractivity contribution is 7.85. The summed E-state index contributed by atoms with van der Waals surface area (Å²) in [4.78, 5) is 161. The third kappa shape index (κ3) is 39.0. The summed E-state index contributed by atoms with van der Waals surface area (Å²) in [5.74, 6) is -4.40. The van der Waals surface area contributed by atoms with Gasteiger partial charge in [-0.05, 0) is 262 Å². The zero-order valence-electron chi connectivity index (χ0n) is 77.6. The molecule has 12 aromatic heterocycles. The molecule has 0 saturated carbocycles. The van der Waals surface area contributed by atoms with Crippen LogP contribution in [0.4, 0.5) is 0 Å². The molecule has 0 spiro atoms. The summed E-state index contributed by atoms with van der Waals surface area (Å²) in [5, 5.41) is 50.5. The maximum absolute atomic E-state index is 12.0. The number of nitrogens with zero attached hydrogens (tertiary/aromatic N) is 12. The van der Waals surface area contributed by atoms with Crippen LogP contribution in [0.15, 0.2) is 314 Å². The van der Waals surface area contributed by atoms with E-state index in [9.17, 15) is 66.0 Å². The average Bonchev–Trinajstić information content (AvgIpc) is 1.44. The minimum Gasteiger partial charge on any atom is -0.461 e. The standard InChI is InChI=1S/4C16H15N3O3.C15H14N4O3.C15H14N2O4.C7H8O3S.2ClH/c1-19-13(2-3-14(19)5-7-16(21)18-22)4-6-15(20)12-8-10-17-11-9-12;2*1-19-13(4-5-14(19)7-9-16(21)18-22)6-8-15(20)12-3-2-10-17-11-12;1-19-12(5-6-13(19)8-10-16(21)18-22)7-9-15(20)14-4-2-3-11-17-14;1-19-11(2-3-12(19)5-7-15(21)18-22)4-6-14(20)13-10-16-8-9-17-13;1-17-11(4-5-12(17)7-9-15(19)16-20)6-8-13(18)14-3-2-10-21-14;1-6-2-4-7(5-3-6)11(8,9)10;;/h4*2-11,22H,1H3,(H,18,21);2-10,22H,1H3,(H,18,21);2-10,20H,1H3,(H,16,19);2-5H,1H3,(H,8,9,10);2*1H/b6-4+,7-5+;2*8-6+,9-7+;9-7+,10-8+;6-4+,7-5+;8-6+,9-7+;;;. The molecular weight excluding hydrogens is 1920 g/mol. The van der Waals surface area contributed by atoms with Crippen molar-refractivity contribution >= 4 is 178 Å². The van der Waals surface area contributed by atoms with Crippen molar-refractivity contribution in [1.29, 1.82) is 0 Å². The minimum absolute atomic E-state index is 0. The minimum atomic E-state index is -4.02. The van der Waals surface area contributed by atoms with Crippen LogP contribution in [0.3, 0.4) is 0 Å². The van der Waals surface area contributed by atoms with E-state index in [4.69, 9.17) is 40.2 Å². The zero-order chi connectivity index (χ0) is 103. The van der Waals surface area contributed by atoms with Crippen LogP contribution >= 0.6 is 24.8 Å². The Kier molecular flexibility index (Phi) is 49.5. The molecule has 40 nitrogen and oxygen atoms in total. The first-order valence-electron chi connectivity index (χ1n) is 41.7. The van der Waals surface area contributed by atoms with Crippen molar-refractivity contribution in [1.82, 2.24) is 90.2 Å². The Hall–Kier alpha value is -18.2. The summed E-state index contributed by atoms with van der Waals surface area (Å²) in [6.07, 6.45) is 52.1. The highest BCUT2D eigenvalue weighted by atomic mass is 35.5. The molecule has 12 heterocycles. The van der Waals surface area contributed by atoms with Gasteiger partial charge < -0.3 is 31.8 Å². The summed E-state index contributed by atoms with van der Waals surface area (Å²) < 4.78 is 45.4. The number of aryl methyl sites for hydroxylation is 1. The van der Waals surface area contributed by atoms with Gasteiger partial charge in [0.1, 0.15) is 11.4 Å². The zero-order valence-corrected chi connectivity index (χ0v) is 80.1. The van der Waals surface area contributed by atoms with Crippen molar-refractivity contribution < 1.29 is 106 Å². The first-order valence-corrected chi connectivity index (χ1v) is 43.1. The number of halogens is 2. The molecule has 0 fully saturated rings. The normalized spacial score (nSPS) is 11.1. The molecule has 13 rings (SSSR count). The van der Waals surface area contributed by atoms with Gasteiger partial charge in [-0.25, -0.2) is 37.9 Å². The second-order valence-corrected chi connectivity index (χ2v) is 30.2. The summed E-state index contributed by atoms with van der Waals surface area (Å²) in [5.41, 5.74) is 21.7. The van der Waals surface area contributed by atoms with Crippen molar-refractivity contribution in [2.75, 3.05) is 0 Å². The Bertz CT molecular complexity index is 6290. The van der Waals surface area contributed by atoms with E-state index >= 15 is 0 Å². The fraction of sp³-hybridized carbons (Fsp3) is 0.0693. The van der Waals surface area contributed by atoms with Crippen LogP contribution in [0.25, 0.3) is 72.9 Å². The Labute approximate surface area is 836 Å². The van der Waals surface area contributed by atoms with Gasteiger partial charge in [0.05, 0.1) is 17.4 Å². The number of hydrogen-bond donors (Lipinski definition) is 13. The largest absolute Gasteiger partial charge is 0.461 e. The van der Waals surface area contributed by atoms with Gasteiger partial charge in [0.25, 0.3) is 45.6 Å². The molecule has 0 aliphatic carbocycles. The number of pyridine rings is 4. The van der Waals surface area contributed by atoms with E-state index in [1.54, 1.807) is 256 Å². The Morgan fingerprint density at radius 3 is 0.826 bits per heavy atom. The van der Waals surface area contributed by atoms with E-state index in [0.717, 1.165) is 73.9 Å². The molecule has 0 aliphatic rings. The van der Waals surface area contributed by atoms with Crippen LogP contribution in [0, 0.1) is 6.92 Å².